The molecular weight excluding hydrogens is 366 g/mol. The highest BCUT2D eigenvalue weighted by atomic mass is 19.1. The summed E-state index contributed by atoms with van der Waals surface area (Å²) in [6, 6.07) is 4.57. The molecule has 144 valence electrons. The van der Waals surface area contributed by atoms with Crippen LogP contribution in [0, 0.1) is 28.9 Å². The molecule has 8 heteroatoms. The molecule has 1 aromatic heterocycles. The third-order valence-electron chi connectivity index (χ3n) is 4.66. The zero-order valence-electron chi connectivity index (χ0n) is 15.3. The first-order valence-corrected chi connectivity index (χ1v) is 8.46. The van der Waals surface area contributed by atoms with Gasteiger partial charge in [0.05, 0.1) is 5.69 Å². The van der Waals surface area contributed by atoms with Gasteiger partial charge in [-0.25, -0.2) is 13.8 Å². The van der Waals surface area contributed by atoms with E-state index >= 15 is 0 Å². The Morgan fingerprint density at radius 3 is 2.61 bits per heavy atom. The molecule has 0 saturated carbocycles. The van der Waals surface area contributed by atoms with Crippen LogP contribution < -0.4 is 11.5 Å². The number of halogens is 2. The number of carbonyl (C=O) groups excluding carboxylic acids is 2. The van der Waals surface area contributed by atoms with Crippen LogP contribution in [0.4, 0.5) is 14.5 Å². The van der Waals surface area contributed by atoms with E-state index in [1.54, 1.807) is 18.9 Å². The molecule has 2 amide bonds. The number of rotatable bonds is 2. The molecule has 0 bridgehead atoms. The van der Waals surface area contributed by atoms with Crippen molar-refractivity contribution in [1.82, 2.24) is 9.88 Å². The van der Waals surface area contributed by atoms with Crippen molar-refractivity contribution in [2.24, 2.45) is 11.1 Å². The molecule has 2 heterocycles. The maximum absolute atomic E-state index is 14.3. The second-order valence-corrected chi connectivity index (χ2v) is 6.91. The van der Waals surface area contributed by atoms with Crippen molar-refractivity contribution in [3.63, 3.8) is 0 Å². The first-order valence-electron chi connectivity index (χ1n) is 8.46. The maximum atomic E-state index is 14.3. The SMILES string of the molecule is CN1CC[C@@](C)(C#Cc2cc(F)cc(-c3nc(C(N)=O)c(N)cc3F)c2)C1=O. The monoisotopic (exact) mass is 384 g/mol. The minimum Gasteiger partial charge on any atom is -0.397 e. The fraction of sp³-hybridized carbons (Fsp3) is 0.250. The molecule has 0 aliphatic carbocycles. The zero-order chi connectivity index (χ0) is 20.6. The lowest BCUT2D eigenvalue weighted by atomic mass is 9.89. The summed E-state index contributed by atoms with van der Waals surface area (Å²) in [5.74, 6) is 3.17. The molecule has 2 aromatic rings. The number of primary amides is 1. The lowest BCUT2D eigenvalue weighted by Crippen LogP contribution is -2.28. The van der Waals surface area contributed by atoms with Crippen LogP contribution in [0.25, 0.3) is 11.3 Å². The summed E-state index contributed by atoms with van der Waals surface area (Å²) in [6.45, 7) is 2.32. The Labute approximate surface area is 160 Å². The molecule has 1 fully saturated rings. The van der Waals surface area contributed by atoms with Crippen molar-refractivity contribution in [1.29, 1.82) is 0 Å². The van der Waals surface area contributed by atoms with Crippen molar-refractivity contribution >= 4 is 17.5 Å². The molecule has 1 aliphatic rings. The summed E-state index contributed by atoms with van der Waals surface area (Å²) in [7, 11) is 1.70. The number of nitrogens with zero attached hydrogens (tertiary/aromatic N) is 2. The second kappa shape index (κ2) is 6.93. The van der Waals surface area contributed by atoms with E-state index in [1.807, 2.05) is 0 Å². The number of hydrogen-bond donors (Lipinski definition) is 2. The van der Waals surface area contributed by atoms with Gasteiger partial charge in [-0.05, 0) is 31.5 Å². The molecule has 0 unspecified atom stereocenters. The van der Waals surface area contributed by atoms with Crippen molar-refractivity contribution in [2.75, 3.05) is 19.3 Å². The molecule has 0 spiro atoms. The van der Waals surface area contributed by atoms with Crippen LogP contribution in [0.3, 0.4) is 0 Å². The lowest BCUT2D eigenvalue weighted by molar-refractivity contribution is -0.131. The highest BCUT2D eigenvalue weighted by molar-refractivity contribution is 5.96. The number of anilines is 1. The van der Waals surface area contributed by atoms with Crippen LogP contribution in [0.5, 0.6) is 0 Å². The average Bonchev–Trinajstić information content (AvgIpc) is 2.87. The van der Waals surface area contributed by atoms with E-state index in [4.69, 9.17) is 11.5 Å². The quantitative estimate of drug-likeness (QED) is 0.773. The highest BCUT2D eigenvalue weighted by Gasteiger charge is 2.39. The van der Waals surface area contributed by atoms with E-state index < -0.39 is 23.0 Å². The van der Waals surface area contributed by atoms with Gasteiger partial charge in [0.25, 0.3) is 5.91 Å². The van der Waals surface area contributed by atoms with Crippen molar-refractivity contribution < 1.29 is 18.4 Å². The molecule has 4 N–H and O–H groups in total. The Morgan fingerprint density at radius 2 is 2.00 bits per heavy atom. The second-order valence-electron chi connectivity index (χ2n) is 6.91. The number of aromatic nitrogens is 1. The molecule has 1 saturated heterocycles. The van der Waals surface area contributed by atoms with Gasteiger partial charge in [-0.3, -0.25) is 9.59 Å². The van der Waals surface area contributed by atoms with Crippen LogP contribution in [0.1, 0.15) is 29.4 Å². The summed E-state index contributed by atoms with van der Waals surface area (Å²) in [4.78, 5) is 29.1. The summed E-state index contributed by atoms with van der Waals surface area (Å²) < 4.78 is 28.4. The van der Waals surface area contributed by atoms with Crippen LogP contribution in [0.15, 0.2) is 24.3 Å². The Kier molecular flexibility index (Phi) is 4.77. The van der Waals surface area contributed by atoms with Gasteiger partial charge >= 0.3 is 0 Å². The van der Waals surface area contributed by atoms with Crippen LogP contribution in [0.2, 0.25) is 0 Å². The van der Waals surface area contributed by atoms with E-state index in [0.717, 1.165) is 12.1 Å². The number of hydrogen-bond acceptors (Lipinski definition) is 4. The molecule has 1 aliphatic heterocycles. The predicted octanol–water partition coefficient (Wildman–Crippen LogP) is 1.93. The first-order chi connectivity index (χ1) is 13.1. The third-order valence-corrected chi connectivity index (χ3v) is 4.66. The maximum Gasteiger partial charge on any atom is 0.269 e. The van der Waals surface area contributed by atoms with Gasteiger partial charge in [-0.2, -0.15) is 0 Å². The molecule has 1 atom stereocenters. The number of benzene rings is 1. The standard InChI is InChI=1S/C20H18F2N4O2/c1-20(5-6-26(2)19(20)28)4-3-11-7-12(9-13(21)8-11)16-14(22)10-15(23)17(25-16)18(24)27/h7-10H,5-6,23H2,1-2H3,(H2,24,27)/t20-/m1/s1. The average molecular weight is 384 g/mol. The predicted molar refractivity (Wildman–Crippen MR) is 99.8 cm³/mol. The Bertz CT molecular complexity index is 1060. The molecule has 1 aromatic carbocycles. The first kappa shape index (κ1) is 19.3. The topological polar surface area (TPSA) is 102 Å². The largest absolute Gasteiger partial charge is 0.397 e. The fourth-order valence-corrected chi connectivity index (χ4v) is 3.05. The number of pyridine rings is 1. The number of nitrogen functional groups attached to an aromatic ring is 1. The van der Waals surface area contributed by atoms with Gasteiger partial charge in [-0.1, -0.05) is 11.8 Å². The molecule has 28 heavy (non-hydrogen) atoms. The van der Waals surface area contributed by atoms with Gasteiger partial charge in [-0.15, -0.1) is 0 Å². The Morgan fingerprint density at radius 1 is 1.29 bits per heavy atom. The highest BCUT2D eigenvalue weighted by Crippen LogP contribution is 2.30. The molecule has 3 rings (SSSR count). The normalized spacial score (nSPS) is 18.7. The van der Waals surface area contributed by atoms with Gasteiger partial charge in [0.2, 0.25) is 5.91 Å². The Balaban J connectivity index is 2.05. The fourth-order valence-electron chi connectivity index (χ4n) is 3.05. The Hall–Kier alpha value is -3.47. The van der Waals surface area contributed by atoms with E-state index in [1.165, 1.54) is 12.1 Å². The number of carbonyl (C=O) groups is 2. The number of amides is 2. The van der Waals surface area contributed by atoms with Crippen LogP contribution >= 0.6 is 0 Å². The van der Waals surface area contributed by atoms with Crippen LogP contribution in [-0.4, -0.2) is 35.3 Å². The minimum atomic E-state index is -0.924. The molecule has 6 nitrogen and oxygen atoms in total. The minimum absolute atomic E-state index is 0.0734. The van der Waals surface area contributed by atoms with E-state index in [9.17, 15) is 18.4 Å². The smallest absolute Gasteiger partial charge is 0.269 e. The van der Waals surface area contributed by atoms with Crippen molar-refractivity contribution in [3.8, 4) is 23.1 Å². The lowest BCUT2D eigenvalue weighted by Gasteiger charge is -2.14. The molecule has 0 radical (unpaired) electrons. The van der Waals surface area contributed by atoms with Gasteiger partial charge < -0.3 is 16.4 Å². The van der Waals surface area contributed by atoms with E-state index in [0.29, 0.717) is 13.0 Å². The third kappa shape index (κ3) is 3.51. The summed E-state index contributed by atoms with van der Waals surface area (Å²) >= 11 is 0. The van der Waals surface area contributed by atoms with E-state index in [2.05, 4.69) is 16.8 Å². The summed E-state index contributed by atoms with van der Waals surface area (Å²) in [6.07, 6.45) is 0.563. The van der Waals surface area contributed by atoms with Crippen molar-refractivity contribution in [3.05, 3.63) is 47.2 Å². The van der Waals surface area contributed by atoms with Gasteiger partial charge in [0, 0.05) is 30.8 Å². The van der Waals surface area contributed by atoms with E-state index in [-0.39, 0.29) is 34.1 Å². The van der Waals surface area contributed by atoms with Crippen LogP contribution in [-0.2, 0) is 4.79 Å². The van der Waals surface area contributed by atoms with Crippen molar-refractivity contribution in [2.45, 2.75) is 13.3 Å². The summed E-state index contributed by atoms with van der Waals surface area (Å²) in [5.41, 5.74) is 9.42. The number of likely N-dealkylation sites (tertiary alicyclic amines) is 1. The summed E-state index contributed by atoms with van der Waals surface area (Å²) in [5, 5.41) is 0. The van der Waals surface area contributed by atoms with Gasteiger partial charge in [0.15, 0.2) is 11.5 Å². The van der Waals surface area contributed by atoms with Gasteiger partial charge in [0.1, 0.15) is 16.9 Å². The molecular formula is C20H18F2N4O2. The zero-order valence-corrected chi connectivity index (χ0v) is 15.3. The number of nitrogens with two attached hydrogens (primary N) is 2.